The average Bonchev–Trinajstić information content (AvgIpc) is 2.27. The second-order valence-corrected chi connectivity index (χ2v) is 3.21. The number of nitrogens with zero attached hydrogens (tertiary/aromatic N) is 2. The van der Waals surface area contributed by atoms with Gasteiger partial charge in [-0.3, -0.25) is 10.1 Å². The Balaban J connectivity index is 3.01. The summed E-state index contributed by atoms with van der Waals surface area (Å²) in [7, 11) is 0. The summed E-state index contributed by atoms with van der Waals surface area (Å²) < 4.78 is 0. The van der Waals surface area contributed by atoms with E-state index >= 15 is 0 Å². The molecule has 0 bridgehead atoms. The van der Waals surface area contributed by atoms with Gasteiger partial charge in [-0.05, 0) is 12.5 Å². The number of aliphatic hydroxyl groups is 1. The number of aliphatic hydroxyl groups excluding tert-OH is 1. The van der Waals surface area contributed by atoms with Gasteiger partial charge >= 0.3 is 0 Å². The predicted molar refractivity (Wildman–Crippen MR) is 52.8 cm³/mol. The molecule has 0 fully saturated rings. The summed E-state index contributed by atoms with van der Waals surface area (Å²) in [5.41, 5.74) is 0.301. The summed E-state index contributed by atoms with van der Waals surface area (Å²) >= 11 is 0. The molecule has 5 heteroatoms. The summed E-state index contributed by atoms with van der Waals surface area (Å²) in [4.78, 5) is 9.94. The van der Waals surface area contributed by atoms with Gasteiger partial charge in [0.25, 0.3) is 5.69 Å². The van der Waals surface area contributed by atoms with Crippen LogP contribution in [-0.2, 0) is 0 Å². The number of nitro benzene ring substituents is 1. The first-order valence-electron chi connectivity index (χ1n) is 4.38. The smallest absolute Gasteiger partial charge is 0.269 e. The van der Waals surface area contributed by atoms with Crippen molar-refractivity contribution >= 4 is 5.69 Å². The van der Waals surface area contributed by atoms with Crippen molar-refractivity contribution in [3.8, 4) is 6.07 Å². The van der Waals surface area contributed by atoms with Crippen molar-refractivity contribution in [2.24, 2.45) is 5.92 Å². The van der Waals surface area contributed by atoms with Crippen LogP contribution in [0.1, 0.15) is 18.6 Å². The molecule has 0 amide bonds. The number of nitro groups is 1. The van der Waals surface area contributed by atoms with E-state index in [2.05, 4.69) is 0 Å². The van der Waals surface area contributed by atoms with Gasteiger partial charge in [-0.15, -0.1) is 0 Å². The summed E-state index contributed by atoms with van der Waals surface area (Å²) in [5.74, 6) is -0.591. The first-order valence-corrected chi connectivity index (χ1v) is 4.38. The summed E-state index contributed by atoms with van der Waals surface area (Å²) in [6.07, 6.45) is -0.991. The molecular weight excluding hydrogens is 196 g/mol. The lowest BCUT2D eigenvalue weighted by Crippen LogP contribution is -2.07. The number of nitriles is 1. The number of non-ortho nitro benzene ring substituents is 1. The van der Waals surface area contributed by atoms with Crippen molar-refractivity contribution in [1.82, 2.24) is 0 Å². The molecule has 0 spiro atoms. The molecule has 0 aromatic heterocycles. The number of hydrogen-bond donors (Lipinski definition) is 1. The molecule has 0 aliphatic heterocycles. The minimum absolute atomic E-state index is 0.0864. The van der Waals surface area contributed by atoms with Crippen LogP contribution in [0.2, 0.25) is 0 Å². The van der Waals surface area contributed by atoms with Gasteiger partial charge < -0.3 is 5.11 Å². The highest BCUT2D eigenvalue weighted by Crippen LogP contribution is 2.24. The molecule has 2 unspecified atom stereocenters. The topological polar surface area (TPSA) is 87.2 Å². The Morgan fingerprint density at radius 2 is 2.27 bits per heavy atom. The Labute approximate surface area is 86.7 Å². The molecular formula is C10H10N2O3. The maximum atomic E-state index is 10.5. The monoisotopic (exact) mass is 206 g/mol. The van der Waals surface area contributed by atoms with Crippen molar-refractivity contribution < 1.29 is 10.0 Å². The van der Waals surface area contributed by atoms with E-state index in [9.17, 15) is 15.2 Å². The van der Waals surface area contributed by atoms with Crippen LogP contribution in [0, 0.1) is 27.4 Å². The molecule has 0 saturated carbocycles. The Kier molecular flexibility index (Phi) is 3.37. The standard InChI is InChI=1S/C10H10N2O3/c1-7(6-11)10(13)8-3-2-4-9(5-8)12(14)15/h2-5,7,10,13H,1H3. The van der Waals surface area contributed by atoms with E-state index in [1.807, 2.05) is 6.07 Å². The lowest BCUT2D eigenvalue weighted by atomic mass is 9.98. The van der Waals surface area contributed by atoms with E-state index in [1.165, 1.54) is 18.2 Å². The van der Waals surface area contributed by atoms with Crippen molar-refractivity contribution in [3.05, 3.63) is 39.9 Å². The second kappa shape index (κ2) is 4.53. The summed E-state index contributed by atoms with van der Waals surface area (Å²) in [6.45, 7) is 1.56. The number of benzene rings is 1. The van der Waals surface area contributed by atoms with Gasteiger partial charge in [0.1, 0.15) is 0 Å². The first-order chi connectivity index (χ1) is 7.06. The van der Waals surface area contributed by atoms with Crippen LogP contribution in [-0.4, -0.2) is 10.0 Å². The molecule has 0 aliphatic rings. The van der Waals surface area contributed by atoms with E-state index < -0.39 is 16.9 Å². The molecule has 78 valence electrons. The third kappa shape index (κ3) is 2.51. The zero-order chi connectivity index (χ0) is 11.4. The van der Waals surface area contributed by atoms with Crippen LogP contribution in [0.4, 0.5) is 5.69 Å². The minimum atomic E-state index is -0.991. The molecule has 1 aromatic rings. The van der Waals surface area contributed by atoms with Crippen LogP contribution in [0.3, 0.4) is 0 Å². The van der Waals surface area contributed by atoms with Crippen LogP contribution in [0.15, 0.2) is 24.3 Å². The van der Waals surface area contributed by atoms with Crippen molar-refractivity contribution in [1.29, 1.82) is 5.26 Å². The van der Waals surface area contributed by atoms with E-state index in [0.717, 1.165) is 0 Å². The van der Waals surface area contributed by atoms with Crippen molar-refractivity contribution in [2.75, 3.05) is 0 Å². The van der Waals surface area contributed by atoms with E-state index in [1.54, 1.807) is 13.0 Å². The van der Waals surface area contributed by atoms with Crippen LogP contribution in [0.5, 0.6) is 0 Å². The molecule has 15 heavy (non-hydrogen) atoms. The summed E-state index contributed by atoms with van der Waals surface area (Å²) in [6, 6.07) is 7.56. The van der Waals surface area contributed by atoms with Gasteiger partial charge in [0.05, 0.1) is 23.0 Å². The number of hydrogen-bond acceptors (Lipinski definition) is 4. The largest absolute Gasteiger partial charge is 0.387 e. The fourth-order valence-corrected chi connectivity index (χ4v) is 1.18. The van der Waals surface area contributed by atoms with Gasteiger partial charge in [0.2, 0.25) is 0 Å². The Hall–Kier alpha value is -1.93. The SMILES string of the molecule is CC(C#N)C(O)c1cccc([N+](=O)[O-])c1. The first kappa shape index (κ1) is 11.1. The fourth-order valence-electron chi connectivity index (χ4n) is 1.18. The highest BCUT2D eigenvalue weighted by atomic mass is 16.6. The van der Waals surface area contributed by atoms with Crippen molar-refractivity contribution in [3.63, 3.8) is 0 Å². The third-order valence-electron chi connectivity index (χ3n) is 2.10. The lowest BCUT2D eigenvalue weighted by molar-refractivity contribution is -0.385. The second-order valence-electron chi connectivity index (χ2n) is 3.21. The van der Waals surface area contributed by atoms with Gasteiger partial charge in [-0.25, -0.2) is 0 Å². The molecule has 0 heterocycles. The van der Waals surface area contributed by atoms with E-state index in [0.29, 0.717) is 5.56 Å². The predicted octanol–water partition coefficient (Wildman–Crippen LogP) is 1.79. The third-order valence-corrected chi connectivity index (χ3v) is 2.10. The lowest BCUT2D eigenvalue weighted by Gasteiger charge is -2.11. The molecule has 1 aromatic carbocycles. The molecule has 0 saturated heterocycles. The normalized spacial score (nSPS) is 13.9. The molecule has 2 atom stereocenters. The molecule has 0 radical (unpaired) electrons. The van der Waals surface area contributed by atoms with Gasteiger partial charge in [-0.2, -0.15) is 5.26 Å². The maximum absolute atomic E-state index is 10.5. The molecule has 1 N–H and O–H groups in total. The quantitative estimate of drug-likeness (QED) is 0.603. The number of rotatable bonds is 3. The van der Waals surface area contributed by atoms with Gasteiger partial charge in [0.15, 0.2) is 0 Å². The van der Waals surface area contributed by atoms with Gasteiger partial charge in [-0.1, -0.05) is 12.1 Å². The Morgan fingerprint density at radius 1 is 1.60 bits per heavy atom. The van der Waals surface area contributed by atoms with Crippen molar-refractivity contribution in [2.45, 2.75) is 13.0 Å². The molecule has 0 aliphatic carbocycles. The van der Waals surface area contributed by atoms with Crippen LogP contribution < -0.4 is 0 Å². The van der Waals surface area contributed by atoms with E-state index in [4.69, 9.17) is 5.26 Å². The summed E-state index contributed by atoms with van der Waals surface area (Å²) in [5, 5.41) is 28.7. The zero-order valence-electron chi connectivity index (χ0n) is 8.12. The highest BCUT2D eigenvalue weighted by molar-refractivity contribution is 5.35. The van der Waals surface area contributed by atoms with Crippen LogP contribution >= 0.6 is 0 Å². The van der Waals surface area contributed by atoms with Crippen LogP contribution in [0.25, 0.3) is 0 Å². The Morgan fingerprint density at radius 3 is 2.80 bits per heavy atom. The maximum Gasteiger partial charge on any atom is 0.269 e. The average molecular weight is 206 g/mol. The van der Waals surface area contributed by atoms with Gasteiger partial charge in [0, 0.05) is 12.1 Å². The Bertz CT molecular complexity index is 411. The zero-order valence-corrected chi connectivity index (χ0v) is 8.12. The highest BCUT2D eigenvalue weighted by Gasteiger charge is 2.17. The molecule has 5 nitrogen and oxygen atoms in total. The van der Waals surface area contributed by atoms with E-state index in [-0.39, 0.29) is 5.69 Å². The fraction of sp³-hybridized carbons (Fsp3) is 0.300. The molecule has 1 rings (SSSR count). The minimum Gasteiger partial charge on any atom is -0.387 e.